The number of benzene rings is 1. The predicted octanol–water partition coefficient (Wildman–Crippen LogP) is 2.03. The average molecular weight is 290 g/mol. The number of rotatable bonds is 6. The summed E-state index contributed by atoms with van der Waals surface area (Å²) in [4.78, 5) is 0. The number of nitrogens with one attached hydrogen (secondary N) is 1. The van der Waals surface area contributed by atoms with Crippen molar-refractivity contribution in [3.05, 3.63) is 41.7 Å². The molecule has 21 heavy (non-hydrogen) atoms. The van der Waals surface area contributed by atoms with Crippen molar-refractivity contribution in [1.82, 2.24) is 15.2 Å². The first-order chi connectivity index (χ1) is 10.1. The summed E-state index contributed by atoms with van der Waals surface area (Å²) in [7, 11) is 3.28. The molecule has 0 amide bonds. The highest BCUT2D eigenvalue weighted by atomic mass is 16.5. The molecule has 0 fully saturated rings. The number of hydrogen-bond acceptors (Lipinski definition) is 5. The molecule has 0 aliphatic carbocycles. The lowest BCUT2D eigenvalue weighted by Crippen LogP contribution is -2.31. The SMILES string of the molecule is COc1ccc(C(NN)c2c(OC)cnn2C(C)C)cc1. The van der Waals surface area contributed by atoms with E-state index in [4.69, 9.17) is 15.3 Å². The molecule has 3 N–H and O–H groups in total. The van der Waals surface area contributed by atoms with Crippen LogP contribution in [0, 0.1) is 0 Å². The van der Waals surface area contributed by atoms with Gasteiger partial charge in [0, 0.05) is 6.04 Å². The highest BCUT2D eigenvalue weighted by Gasteiger charge is 2.24. The number of ether oxygens (including phenoxy) is 2. The molecule has 0 aliphatic rings. The molecule has 0 radical (unpaired) electrons. The van der Waals surface area contributed by atoms with Crippen LogP contribution in [0.15, 0.2) is 30.5 Å². The van der Waals surface area contributed by atoms with E-state index in [9.17, 15) is 0 Å². The molecule has 6 heteroatoms. The number of aromatic nitrogens is 2. The molecule has 0 saturated heterocycles. The van der Waals surface area contributed by atoms with Gasteiger partial charge < -0.3 is 9.47 Å². The number of methoxy groups -OCH3 is 2. The largest absolute Gasteiger partial charge is 0.497 e. The molecule has 2 aromatic rings. The summed E-state index contributed by atoms with van der Waals surface area (Å²) in [6.07, 6.45) is 1.71. The van der Waals surface area contributed by atoms with E-state index in [-0.39, 0.29) is 12.1 Å². The summed E-state index contributed by atoms with van der Waals surface area (Å²) in [5.41, 5.74) is 4.76. The van der Waals surface area contributed by atoms with E-state index in [2.05, 4.69) is 24.4 Å². The maximum Gasteiger partial charge on any atom is 0.161 e. The Labute approximate surface area is 124 Å². The van der Waals surface area contributed by atoms with Crippen LogP contribution in [-0.2, 0) is 0 Å². The minimum absolute atomic E-state index is 0.206. The van der Waals surface area contributed by atoms with Crippen LogP contribution in [0.5, 0.6) is 11.5 Å². The van der Waals surface area contributed by atoms with E-state index in [1.165, 1.54) is 0 Å². The lowest BCUT2D eigenvalue weighted by molar-refractivity contribution is 0.393. The van der Waals surface area contributed by atoms with Gasteiger partial charge in [0.15, 0.2) is 5.75 Å². The van der Waals surface area contributed by atoms with Crippen molar-refractivity contribution < 1.29 is 9.47 Å². The van der Waals surface area contributed by atoms with Gasteiger partial charge in [0.25, 0.3) is 0 Å². The third kappa shape index (κ3) is 3.01. The molecule has 6 nitrogen and oxygen atoms in total. The predicted molar refractivity (Wildman–Crippen MR) is 81.3 cm³/mol. The van der Waals surface area contributed by atoms with E-state index in [1.807, 2.05) is 28.9 Å². The van der Waals surface area contributed by atoms with Crippen LogP contribution >= 0.6 is 0 Å². The van der Waals surface area contributed by atoms with Crippen LogP contribution in [-0.4, -0.2) is 24.0 Å². The molecule has 1 atom stereocenters. The van der Waals surface area contributed by atoms with E-state index >= 15 is 0 Å². The number of nitrogens with two attached hydrogens (primary N) is 1. The van der Waals surface area contributed by atoms with Crippen LogP contribution in [0.2, 0.25) is 0 Å². The Kier molecular flexibility index (Phi) is 4.82. The molecule has 0 spiro atoms. The fourth-order valence-electron chi connectivity index (χ4n) is 2.33. The van der Waals surface area contributed by atoms with Gasteiger partial charge in [0.2, 0.25) is 0 Å². The molecule has 1 aromatic carbocycles. The summed E-state index contributed by atoms with van der Waals surface area (Å²) in [6.45, 7) is 4.13. The summed E-state index contributed by atoms with van der Waals surface area (Å²) in [6, 6.07) is 7.75. The third-order valence-electron chi connectivity index (χ3n) is 3.40. The van der Waals surface area contributed by atoms with E-state index in [0.29, 0.717) is 5.75 Å². The number of hydrogen-bond donors (Lipinski definition) is 2. The maximum absolute atomic E-state index is 5.78. The Morgan fingerprint density at radius 2 is 1.81 bits per heavy atom. The average Bonchev–Trinajstić information content (AvgIpc) is 2.93. The molecule has 1 aromatic heterocycles. The maximum atomic E-state index is 5.78. The fourth-order valence-corrected chi connectivity index (χ4v) is 2.33. The zero-order valence-corrected chi connectivity index (χ0v) is 12.8. The van der Waals surface area contributed by atoms with Crippen molar-refractivity contribution in [2.24, 2.45) is 5.84 Å². The Morgan fingerprint density at radius 3 is 2.29 bits per heavy atom. The molecule has 0 bridgehead atoms. The van der Waals surface area contributed by atoms with Crippen LogP contribution in [0.1, 0.15) is 37.2 Å². The Bertz CT molecular complexity index is 578. The first-order valence-corrected chi connectivity index (χ1v) is 6.83. The Morgan fingerprint density at radius 1 is 1.14 bits per heavy atom. The third-order valence-corrected chi connectivity index (χ3v) is 3.40. The minimum Gasteiger partial charge on any atom is -0.497 e. The second kappa shape index (κ2) is 6.60. The van der Waals surface area contributed by atoms with Crippen molar-refractivity contribution in [2.45, 2.75) is 25.9 Å². The monoisotopic (exact) mass is 290 g/mol. The van der Waals surface area contributed by atoms with E-state index < -0.39 is 0 Å². The molecule has 1 heterocycles. The van der Waals surface area contributed by atoms with Gasteiger partial charge in [-0.25, -0.2) is 5.43 Å². The van der Waals surface area contributed by atoms with Gasteiger partial charge in [-0.15, -0.1) is 0 Å². The molecule has 1 unspecified atom stereocenters. The van der Waals surface area contributed by atoms with Crippen LogP contribution in [0.3, 0.4) is 0 Å². The van der Waals surface area contributed by atoms with E-state index in [0.717, 1.165) is 17.0 Å². The second-order valence-corrected chi connectivity index (χ2v) is 5.01. The fraction of sp³-hybridized carbons (Fsp3) is 0.400. The van der Waals surface area contributed by atoms with Gasteiger partial charge >= 0.3 is 0 Å². The van der Waals surface area contributed by atoms with Gasteiger partial charge in [-0.05, 0) is 31.5 Å². The van der Waals surface area contributed by atoms with Gasteiger partial charge in [0.05, 0.1) is 26.5 Å². The highest BCUT2D eigenvalue weighted by molar-refractivity contribution is 5.38. The van der Waals surface area contributed by atoms with Crippen molar-refractivity contribution in [3.8, 4) is 11.5 Å². The molecule has 0 aliphatic heterocycles. The van der Waals surface area contributed by atoms with Gasteiger partial charge in [-0.3, -0.25) is 10.5 Å². The summed E-state index contributed by atoms with van der Waals surface area (Å²) in [5.74, 6) is 7.30. The second-order valence-electron chi connectivity index (χ2n) is 5.01. The van der Waals surface area contributed by atoms with Gasteiger partial charge in [-0.2, -0.15) is 5.10 Å². The normalized spacial score (nSPS) is 12.5. The summed E-state index contributed by atoms with van der Waals surface area (Å²) < 4.78 is 12.5. The molecular formula is C15H22N4O2. The smallest absolute Gasteiger partial charge is 0.161 e. The molecule has 114 valence electrons. The zero-order chi connectivity index (χ0) is 15.4. The quantitative estimate of drug-likeness (QED) is 0.629. The van der Waals surface area contributed by atoms with Crippen LogP contribution in [0.25, 0.3) is 0 Å². The highest BCUT2D eigenvalue weighted by Crippen LogP contribution is 2.32. The van der Waals surface area contributed by atoms with Crippen molar-refractivity contribution in [1.29, 1.82) is 0 Å². The number of hydrazine groups is 1. The molecular weight excluding hydrogens is 268 g/mol. The topological polar surface area (TPSA) is 74.3 Å². The lowest BCUT2D eigenvalue weighted by Gasteiger charge is -2.21. The summed E-state index contributed by atoms with van der Waals surface area (Å²) >= 11 is 0. The standard InChI is InChI=1S/C15H22N4O2/c1-10(2)19-15(13(21-4)9-17-19)14(18-16)11-5-7-12(20-3)8-6-11/h5-10,14,18H,16H2,1-4H3. The molecule has 2 rings (SSSR count). The number of nitrogens with zero attached hydrogens (tertiary/aromatic N) is 2. The van der Waals surface area contributed by atoms with Crippen LogP contribution < -0.4 is 20.7 Å². The van der Waals surface area contributed by atoms with Gasteiger partial charge in [-0.1, -0.05) is 12.1 Å². The first-order valence-electron chi connectivity index (χ1n) is 6.83. The van der Waals surface area contributed by atoms with Crippen molar-refractivity contribution in [3.63, 3.8) is 0 Å². The van der Waals surface area contributed by atoms with Crippen LogP contribution in [0.4, 0.5) is 0 Å². The zero-order valence-electron chi connectivity index (χ0n) is 12.8. The van der Waals surface area contributed by atoms with Crippen molar-refractivity contribution >= 4 is 0 Å². The Balaban J connectivity index is 2.47. The summed E-state index contributed by atoms with van der Waals surface area (Å²) in [5, 5.41) is 4.39. The minimum atomic E-state index is -0.212. The molecule has 0 saturated carbocycles. The Hall–Kier alpha value is -2.05. The van der Waals surface area contributed by atoms with Gasteiger partial charge in [0.1, 0.15) is 11.4 Å². The van der Waals surface area contributed by atoms with E-state index in [1.54, 1.807) is 20.4 Å². The van der Waals surface area contributed by atoms with Crippen molar-refractivity contribution in [2.75, 3.05) is 14.2 Å². The first kappa shape index (κ1) is 15.3. The lowest BCUT2D eigenvalue weighted by atomic mass is 10.0.